The van der Waals surface area contributed by atoms with Crippen LogP contribution in [0.2, 0.25) is 0 Å². The zero-order valence-corrected chi connectivity index (χ0v) is 31.4. The first-order valence-electron chi connectivity index (χ1n) is 19.3. The highest BCUT2D eigenvalue weighted by atomic mass is 32.1. The van der Waals surface area contributed by atoms with Gasteiger partial charge in [0, 0.05) is 65.2 Å². The molecule has 0 bridgehead atoms. The second-order valence-corrected chi connectivity index (χ2v) is 15.7. The Balaban J connectivity index is 1.01. The lowest BCUT2D eigenvalue weighted by atomic mass is 9.87. The third kappa shape index (κ3) is 5.04. The summed E-state index contributed by atoms with van der Waals surface area (Å²) < 4.78 is 11.8. The summed E-state index contributed by atoms with van der Waals surface area (Å²) in [6, 6.07) is 57.5. The predicted molar refractivity (Wildman–Crippen MR) is 235 cm³/mol. The van der Waals surface area contributed by atoms with Crippen molar-refractivity contribution >= 4 is 64.5 Å². The summed E-state index contributed by atoms with van der Waals surface area (Å²) in [6.07, 6.45) is 5.35. The van der Waals surface area contributed by atoms with Crippen molar-refractivity contribution in [2.24, 2.45) is 0 Å². The largest absolute Gasteiger partial charge is 0.483 e. The lowest BCUT2D eigenvalue weighted by Crippen LogP contribution is -2.14. The van der Waals surface area contributed by atoms with E-state index < -0.39 is 0 Å². The minimum Gasteiger partial charge on any atom is -0.483 e. The van der Waals surface area contributed by atoms with Crippen LogP contribution in [0.4, 0.5) is 0 Å². The van der Waals surface area contributed by atoms with E-state index >= 15 is 0 Å². The number of fused-ring (bicyclic) bond motifs is 9. The maximum Gasteiger partial charge on any atom is 0.164 e. The number of para-hydroxylation sites is 3. The Bertz CT molecular complexity index is 3190. The van der Waals surface area contributed by atoms with E-state index in [2.05, 4.69) is 120 Å². The lowest BCUT2D eigenvalue weighted by Gasteiger charge is -2.19. The van der Waals surface area contributed by atoms with E-state index in [4.69, 9.17) is 19.7 Å². The highest BCUT2D eigenvalue weighted by Crippen LogP contribution is 2.51. The zero-order chi connectivity index (χ0) is 37.5. The Labute approximate surface area is 332 Å². The standard InChI is InChI=1S/C51H32N4OS/c1-3-14-31(15-4-1)49-52-50(32-16-5-2-6-17-32)54-51(53-49)33-28-29-45-40(30-33)38-22-11-21-37(48(38)57-45)36-20-13-27-44-46(36)39-23-12-26-43(47(39)56-44)55-41-24-9-7-18-34(41)35-19-8-10-25-42(35)55/h1-26,28-30,44H,27H2. The van der Waals surface area contributed by atoms with E-state index in [1.165, 1.54) is 58.7 Å². The molecule has 2 aliphatic rings. The topological polar surface area (TPSA) is 52.8 Å². The molecule has 6 heteroatoms. The Morgan fingerprint density at radius 2 is 1.12 bits per heavy atom. The summed E-state index contributed by atoms with van der Waals surface area (Å²) >= 11 is 1.84. The number of ether oxygens (including phenoxy) is 1. The molecule has 1 aliphatic carbocycles. The number of benzene rings is 7. The number of aromatic nitrogens is 4. The van der Waals surface area contributed by atoms with Gasteiger partial charge in [-0.1, -0.05) is 140 Å². The van der Waals surface area contributed by atoms with Gasteiger partial charge in [-0.3, -0.25) is 0 Å². The van der Waals surface area contributed by atoms with Crippen molar-refractivity contribution in [2.45, 2.75) is 12.5 Å². The first-order chi connectivity index (χ1) is 28.3. The van der Waals surface area contributed by atoms with Crippen LogP contribution in [-0.2, 0) is 0 Å². The molecule has 1 aliphatic heterocycles. The molecule has 12 rings (SSSR count). The summed E-state index contributed by atoms with van der Waals surface area (Å²) in [6.45, 7) is 0. The molecule has 0 fully saturated rings. The highest BCUT2D eigenvalue weighted by molar-refractivity contribution is 7.26. The van der Waals surface area contributed by atoms with Crippen LogP contribution in [-0.4, -0.2) is 25.6 Å². The van der Waals surface area contributed by atoms with E-state index in [0.717, 1.165) is 40.1 Å². The van der Waals surface area contributed by atoms with E-state index in [1.807, 2.05) is 72.0 Å². The number of rotatable bonds is 5. The first-order valence-corrected chi connectivity index (χ1v) is 20.1. The number of hydrogen-bond donors (Lipinski definition) is 0. The summed E-state index contributed by atoms with van der Waals surface area (Å²) in [5, 5.41) is 4.89. The molecule has 1 unspecified atom stereocenters. The molecule has 10 aromatic rings. The SMILES string of the molecule is C1=CC(c2cccc3c2sc2ccc(-c4nc(-c5ccccc5)nc(-c5ccccc5)n4)cc23)=C2c3cccc(-n4c5ccccc5c5ccccc54)c3OC2C1. The second kappa shape index (κ2) is 12.7. The van der Waals surface area contributed by atoms with Gasteiger partial charge in [-0.2, -0.15) is 0 Å². The van der Waals surface area contributed by atoms with Crippen molar-refractivity contribution in [3.8, 4) is 45.6 Å². The summed E-state index contributed by atoms with van der Waals surface area (Å²) in [5.74, 6) is 2.91. The predicted octanol–water partition coefficient (Wildman–Crippen LogP) is 13.0. The van der Waals surface area contributed by atoms with Gasteiger partial charge in [0.05, 0.1) is 16.7 Å². The van der Waals surface area contributed by atoms with Gasteiger partial charge in [0.2, 0.25) is 0 Å². The highest BCUT2D eigenvalue weighted by Gasteiger charge is 2.35. The number of allylic oxidation sites excluding steroid dienone is 2. The van der Waals surface area contributed by atoms with Crippen LogP contribution in [0.3, 0.4) is 0 Å². The van der Waals surface area contributed by atoms with Crippen molar-refractivity contribution in [1.82, 2.24) is 19.5 Å². The molecular formula is C51H32N4OS. The van der Waals surface area contributed by atoms with Crippen LogP contribution in [0.5, 0.6) is 5.75 Å². The second-order valence-electron chi connectivity index (χ2n) is 14.6. The van der Waals surface area contributed by atoms with E-state index in [-0.39, 0.29) is 6.10 Å². The monoisotopic (exact) mass is 748 g/mol. The van der Waals surface area contributed by atoms with Crippen molar-refractivity contribution in [1.29, 1.82) is 0 Å². The molecule has 3 aromatic heterocycles. The van der Waals surface area contributed by atoms with Crippen LogP contribution >= 0.6 is 11.3 Å². The van der Waals surface area contributed by atoms with Crippen LogP contribution in [0.25, 0.3) is 93.0 Å². The fraction of sp³-hybridized carbons (Fsp3) is 0.0392. The molecule has 0 amide bonds. The third-order valence-electron chi connectivity index (χ3n) is 11.4. The quantitative estimate of drug-likeness (QED) is 0.176. The Hall–Kier alpha value is -7.15. The van der Waals surface area contributed by atoms with Gasteiger partial charge in [-0.05, 0) is 47.5 Å². The van der Waals surface area contributed by atoms with E-state index in [1.54, 1.807) is 0 Å². The van der Waals surface area contributed by atoms with Crippen molar-refractivity contribution in [3.05, 3.63) is 187 Å². The zero-order valence-electron chi connectivity index (χ0n) is 30.6. The van der Waals surface area contributed by atoms with Gasteiger partial charge in [0.25, 0.3) is 0 Å². The lowest BCUT2D eigenvalue weighted by molar-refractivity contribution is 0.279. The molecule has 0 radical (unpaired) electrons. The van der Waals surface area contributed by atoms with Gasteiger partial charge < -0.3 is 9.30 Å². The molecular weight excluding hydrogens is 717 g/mol. The molecule has 0 saturated heterocycles. The number of hydrogen-bond acceptors (Lipinski definition) is 5. The number of nitrogens with zero attached hydrogens (tertiary/aromatic N) is 4. The molecule has 0 N–H and O–H groups in total. The van der Waals surface area contributed by atoms with Crippen molar-refractivity contribution in [2.75, 3.05) is 0 Å². The van der Waals surface area contributed by atoms with Gasteiger partial charge >= 0.3 is 0 Å². The molecule has 4 heterocycles. The molecule has 1 atom stereocenters. The smallest absolute Gasteiger partial charge is 0.164 e. The molecule has 57 heavy (non-hydrogen) atoms. The maximum absolute atomic E-state index is 6.99. The van der Waals surface area contributed by atoms with Crippen LogP contribution in [0.1, 0.15) is 17.5 Å². The minimum atomic E-state index is -0.0630. The third-order valence-corrected chi connectivity index (χ3v) is 12.6. The van der Waals surface area contributed by atoms with E-state index in [0.29, 0.717) is 17.5 Å². The molecule has 0 saturated carbocycles. The summed E-state index contributed by atoms with van der Waals surface area (Å²) in [5.41, 5.74) is 11.2. The first kappa shape index (κ1) is 32.1. The van der Waals surface area contributed by atoms with E-state index in [9.17, 15) is 0 Å². The molecule has 0 spiro atoms. The van der Waals surface area contributed by atoms with Crippen LogP contribution in [0, 0.1) is 0 Å². The van der Waals surface area contributed by atoms with Crippen molar-refractivity contribution < 1.29 is 4.74 Å². The molecule has 268 valence electrons. The fourth-order valence-electron chi connectivity index (χ4n) is 8.80. The molecule has 5 nitrogen and oxygen atoms in total. The van der Waals surface area contributed by atoms with Gasteiger partial charge in [-0.15, -0.1) is 11.3 Å². The van der Waals surface area contributed by atoms with Gasteiger partial charge in [-0.25, -0.2) is 15.0 Å². The Morgan fingerprint density at radius 1 is 0.526 bits per heavy atom. The van der Waals surface area contributed by atoms with Gasteiger partial charge in [0.15, 0.2) is 23.2 Å². The fourth-order valence-corrected chi connectivity index (χ4v) is 10.0. The summed E-state index contributed by atoms with van der Waals surface area (Å²) in [7, 11) is 0. The minimum absolute atomic E-state index is 0.0630. The number of thiophene rings is 1. The Morgan fingerprint density at radius 3 is 1.82 bits per heavy atom. The van der Waals surface area contributed by atoms with Crippen LogP contribution < -0.4 is 4.74 Å². The maximum atomic E-state index is 6.99. The average Bonchev–Trinajstić information content (AvgIpc) is 3.96. The Kier molecular flexibility index (Phi) is 7.16. The summed E-state index contributed by atoms with van der Waals surface area (Å²) in [4.78, 5) is 15.0. The normalized spacial score (nSPS) is 14.8. The molecule has 7 aromatic carbocycles. The van der Waals surface area contributed by atoms with Gasteiger partial charge in [0.1, 0.15) is 6.10 Å². The van der Waals surface area contributed by atoms with Crippen LogP contribution in [0.15, 0.2) is 176 Å². The van der Waals surface area contributed by atoms with Crippen molar-refractivity contribution in [3.63, 3.8) is 0 Å². The average molecular weight is 749 g/mol.